The van der Waals surface area contributed by atoms with Crippen molar-refractivity contribution in [1.82, 2.24) is 5.43 Å². The second kappa shape index (κ2) is 12.5. The summed E-state index contributed by atoms with van der Waals surface area (Å²) in [7, 11) is 0. The van der Waals surface area contributed by atoms with Crippen LogP contribution in [0.2, 0.25) is 10.0 Å². The molecule has 3 aromatic carbocycles. The lowest BCUT2D eigenvalue weighted by Gasteiger charge is -2.07. The molecule has 1 N–H and O–H groups in total. The van der Waals surface area contributed by atoms with Gasteiger partial charge in [0.05, 0.1) is 28.3 Å². The van der Waals surface area contributed by atoms with Crippen molar-refractivity contribution < 1.29 is 24.0 Å². The summed E-state index contributed by atoms with van der Waals surface area (Å²) < 4.78 is 10.8. The number of nitrogens with zero attached hydrogens (tertiary/aromatic N) is 2. The molecule has 0 aromatic heterocycles. The van der Waals surface area contributed by atoms with Crippen molar-refractivity contribution in [3.05, 3.63) is 98.0 Å². The van der Waals surface area contributed by atoms with Gasteiger partial charge in [0.2, 0.25) is 5.91 Å². The third-order valence-electron chi connectivity index (χ3n) is 4.49. The van der Waals surface area contributed by atoms with Crippen LogP contribution in [0.25, 0.3) is 0 Å². The van der Waals surface area contributed by atoms with Crippen molar-refractivity contribution in [2.24, 2.45) is 5.10 Å². The number of carbonyl (C=O) groups is 2. The standard InChI is InChI=1S/C24H19Cl2N3O6/c25-18-8-11-22(21(26)14-18)34-12-2-5-23(30)28-27-15-16-3-1-4-20(13-16)35-24(31)17-6-9-19(10-7-17)29(32)33/h1,3-4,6-11,13-15H,2,5,12H2,(H,28,30)/b27-15+. The van der Waals surface area contributed by atoms with Gasteiger partial charge in [0.1, 0.15) is 11.5 Å². The Kier molecular flexibility index (Phi) is 9.16. The molecular weight excluding hydrogens is 497 g/mol. The molecule has 0 saturated carbocycles. The molecule has 0 unspecified atom stereocenters. The fourth-order valence-electron chi connectivity index (χ4n) is 2.79. The molecule has 9 nitrogen and oxygen atoms in total. The highest BCUT2D eigenvalue weighted by atomic mass is 35.5. The maximum absolute atomic E-state index is 12.3. The van der Waals surface area contributed by atoms with Gasteiger partial charge < -0.3 is 9.47 Å². The summed E-state index contributed by atoms with van der Waals surface area (Å²) in [4.78, 5) is 34.4. The van der Waals surface area contributed by atoms with Gasteiger partial charge >= 0.3 is 5.97 Å². The average molecular weight is 516 g/mol. The van der Waals surface area contributed by atoms with Crippen molar-refractivity contribution >= 4 is 47.0 Å². The van der Waals surface area contributed by atoms with Gasteiger partial charge in [-0.15, -0.1) is 0 Å². The summed E-state index contributed by atoms with van der Waals surface area (Å²) in [5.41, 5.74) is 3.05. The Morgan fingerprint density at radius 3 is 2.54 bits per heavy atom. The number of benzene rings is 3. The predicted octanol–water partition coefficient (Wildman–Crippen LogP) is 5.43. The molecule has 0 saturated heterocycles. The minimum atomic E-state index is -0.663. The molecule has 11 heteroatoms. The number of halogens is 2. The molecule has 35 heavy (non-hydrogen) atoms. The number of non-ortho nitro benzene ring substituents is 1. The second-order valence-electron chi connectivity index (χ2n) is 7.09. The summed E-state index contributed by atoms with van der Waals surface area (Å²) in [5.74, 6) is -0.220. The van der Waals surface area contributed by atoms with Crippen molar-refractivity contribution in [1.29, 1.82) is 0 Å². The number of ether oxygens (including phenoxy) is 2. The number of nitrogens with one attached hydrogen (secondary N) is 1. The van der Waals surface area contributed by atoms with Gasteiger partial charge in [0.15, 0.2) is 0 Å². The lowest BCUT2D eigenvalue weighted by molar-refractivity contribution is -0.384. The highest BCUT2D eigenvalue weighted by Crippen LogP contribution is 2.27. The van der Waals surface area contributed by atoms with Gasteiger partial charge in [-0.25, -0.2) is 10.2 Å². The molecule has 0 atom stereocenters. The quantitative estimate of drug-likeness (QED) is 0.0958. The van der Waals surface area contributed by atoms with Crippen LogP contribution in [0.4, 0.5) is 5.69 Å². The molecule has 3 aromatic rings. The van der Waals surface area contributed by atoms with Gasteiger partial charge in [0, 0.05) is 23.6 Å². The largest absolute Gasteiger partial charge is 0.492 e. The summed E-state index contributed by atoms with van der Waals surface area (Å²) in [6.07, 6.45) is 2.05. The number of rotatable bonds is 10. The lowest BCUT2D eigenvalue weighted by atomic mass is 10.2. The third kappa shape index (κ3) is 8.09. The normalized spacial score (nSPS) is 10.7. The van der Waals surface area contributed by atoms with Crippen molar-refractivity contribution in [2.45, 2.75) is 12.8 Å². The van der Waals surface area contributed by atoms with Gasteiger partial charge in [-0.3, -0.25) is 14.9 Å². The van der Waals surface area contributed by atoms with Crippen LogP contribution in [0.1, 0.15) is 28.8 Å². The first kappa shape index (κ1) is 25.7. The van der Waals surface area contributed by atoms with E-state index in [0.717, 1.165) is 0 Å². The Morgan fingerprint density at radius 2 is 1.83 bits per heavy atom. The van der Waals surface area contributed by atoms with Crippen LogP contribution in [-0.2, 0) is 4.79 Å². The van der Waals surface area contributed by atoms with Crippen LogP contribution in [0, 0.1) is 10.1 Å². The number of nitro groups is 1. The van der Waals surface area contributed by atoms with E-state index in [-0.39, 0.29) is 29.3 Å². The maximum Gasteiger partial charge on any atom is 0.343 e. The van der Waals surface area contributed by atoms with Gasteiger partial charge in [-0.1, -0.05) is 35.3 Å². The van der Waals surface area contributed by atoms with Crippen LogP contribution in [0.5, 0.6) is 11.5 Å². The Balaban J connectivity index is 1.44. The number of carbonyl (C=O) groups excluding carboxylic acids is 2. The Hall–Kier alpha value is -3.95. The number of nitro benzene ring substituents is 1. The highest BCUT2D eigenvalue weighted by Gasteiger charge is 2.12. The SMILES string of the molecule is O=C(CCCOc1ccc(Cl)cc1Cl)N/N=C/c1cccc(OC(=O)c2ccc([N+](=O)[O-])cc2)c1. The highest BCUT2D eigenvalue weighted by molar-refractivity contribution is 6.35. The molecule has 0 spiro atoms. The number of amides is 1. The van der Waals surface area contributed by atoms with Crippen molar-refractivity contribution in [3.63, 3.8) is 0 Å². The molecule has 0 aliphatic rings. The van der Waals surface area contributed by atoms with Crippen LogP contribution >= 0.6 is 23.2 Å². The molecule has 0 heterocycles. The van der Waals surface area contributed by atoms with Crippen LogP contribution < -0.4 is 14.9 Å². The first-order valence-electron chi connectivity index (χ1n) is 10.3. The smallest absolute Gasteiger partial charge is 0.343 e. The fraction of sp³-hybridized carbons (Fsp3) is 0.125. The fourth-order valence-corrected chi connectivity index (χ4v) is 3.25. The van der Waals surface area contributed by atoms with E-state index < -0.39 is 10.9 Å². The maximum atomic E-state index is 12.3. The predicted molar refractivity (Wildman–Crippen MR) is 131 cm³/mol. The number of hydrogen-bond acceptors (Lipinski definition) is 7. The Bertz CT molecular complexity index is 1250. The van der Waals surface area contributed by atoms with Gasteiger partial charge in [-0.2, -0.15) is 5.10 Å². The van der Waals surface area contributed by atoms with Crippen LogP contribution in [0.3, 0.4) is 0 Å². The van der Waals surface area contributed by atoms with Crippen molar-refractivity contribution in [3.8, 4) is 11.5 Å². The van der Waals surface area contributed by atoms with E-state index in [2.05, 4.69) is 10.5 Å². The molecule has 3 rings (SSSR count). The minimum absolute atomic E-state index is 0.125. The van der Waals surface area contributed by atoms with E-state index >= 15 is 0 Å². The number of hydrogen-bond donors (Lipinski definition) is 1. The average Bonchev–Trinajstić information content (AvgIpc) is 2.83. The van der Waals surface area contributed by atoms with Crippen molar-refractivity contribution in [2.75, 3.05) is 6.61 Å². The van der Waals surface area contributed by atoms with E-state index in [4.69, 9.17) is 32.7 Å². The Morgan fingerprint density at radius 1 is 1.06 bits per heavy atom. The minimum Gasteiger partial charge on any atom is -0.492 e. The summed E-state index contributed by atoms with van der Waals surface area (Å²) in [6.45, 7) is 0.292. The van der Waals surface area contributed by atoms with E-state index in [0.29, 0.717) is 34.4 Å². The lowest BCUT2D eigenvalue weighted by Crippen LogP contribution is -2.18. The topological polar surface area (TPSA) is 120 Å². The second-order valence-corrected chi connectivity index (χ2v) is 7.93. The molecule has 1 amide bonds. The summed E-state index contributed by atoms with van der Waals surface area (Å²) >= 11 is 11.9. The van der Waals surface area contributed by atoms with E-state index in [1.165, 1.54) is 30.5 Å². The molecule has 0 aliphatic carbocycles. The number of hydrazone groups is 1. The molecule has 0 fully saturated rings. The van der Waals surface area contributed by atoms with Crippen LogP contribution in [0.15, 0.2) is 71.8 Å². The monoisotopic (exact) mass is 515 g/mol. The first-order valence-corrected chi connectivity index (χ1v) is 11.0. The Labute approximate surface area is 210 Å². The zero-order valence-corrected chi connectivity index (χ0v) is 19.7. The summed E-state index contributed by atoms with van der Waals surface area (Å²) in [6, 6.07) is 16.5. The number of esters is 1. The van der Waals surface area contributed by atoms with Crippen LogP contribution in [-0.4, -0.2) is 29.6 Å². The molecular formula is C24H19Cl2N3O6. The van der Waals surface area contributed by atoms with Gasteiger partial charge in [-0.05, 0) is 54.4 Å². The van der Waals surface area contributed by atoms with Gasteiger partial charge in [0.25, 0.3) is 5.69 Å². The van der Waals surface area contributed by atoms with E-state index in [1.54, 1.807) is 42.5 Å². The molecule has 0 bridgehead atoms. The molecule has 180 valence electrons. The third-order valence-corrected chi connectivity index (χ3v) is 5.02. The zero-order valence-electron chi connectivity index (χ0n) is 18.1. The summed E-state index contributed by atoms with van der Waals surface area (Å²) in [5, 5.41) is 15.5. The molecule has 0 radical (unpaired) electrons. The van der Waals surface area contributed by atoms with E-state index in [9.17, 15) is 19.7 Å². The molecule has 0 aliphatic heterocycles. The first-order chi connectivity index (χ1) is 16.8. The van der Waals surface area contributed by atoms with E-state index in [1.807, 2.05) is 0 Å². The zero-order chi connectivity index (χ0) is 25.2.